The zero-order chi connectivity index (χ0) is 16.9. The molecular formula is C20H25NO2. The Morgan fingerprint density at radius 1 is 1.00 bits per heavy atom. The van der Waals surface area contributed by atoms with Crippen LogP contribution in [0.5, 0.6) is 0 Å². The van der Waals surface area contributed by atoms with Gasteiger partial charge in [0.05, 0.1) is 11.8 Å². The Kier molecular flexibility index (Phi) is 5.69. The number of aliphatic hydroxyl groups is 1. The van der Waals surface area contributed by atoms with Crippen molar-refractivity contribution in [3.8, 4) is 0 Å². The molecule has 0 aliphatic heterocycles. The Balaban J connectivity index is 2.48. The molecular weight excluding hydrogens is 286 g/mol. The third kappa shape index (κ3) is 3.87. The van der Waals surface area contributed by atoms with Gasteiger partial charge in [0.15, 0.2) is 5.78 Å². The Hall–Kier alpha value is -1.97. The molecule has 2 atom stereocenters. The zero-order valence-electron chi connectivity index (χ0n) is 13.8. The standard InChI is InChI=1S/C20H25NO2/c1-3-17(20(21,23)4-2)19(22)18(15-11-7-5-8-12-15)16-13-9-6-10-14-16/h5-14,17-18,23H,3-4,21H2,1-2H3. The fourth-order valence-corrected chi connectivity index (χ4v) is 3.06. The molecule has 0 aromatic heterocycles. The number of rotatable bonds is 7. The van der Waals surface area contributed by atoms with Gasteiger partial charge in [-0.15, -0.1) is 0 Å². The number of carbonyl (C=O) groups excluding carboxylic acids is 1. The first-order valence-corrected chi connectivity index (χ1v) is 8.16. The molecule has 2 rings (SSSR count). The minimum atomic E-state index is -1.48. The molecule has 0 aliphatic carbocycles. The van der Waals surface area contributed by atoms with Gasteiger partial charge < -0.3 is 10.8 Å². The average molecular weight is 311 g/mol. The molecule has 0 bridgehead atoms. The molecule has 0 saturated carbocycles. The summed E-state index contributed by atoms with van der Waals surface area (Å²) < 4.78 is 0. The van der Waals surface area contributed by atoms with Gasteiger partial charge in [-0.05, 0) is 24.0 Å². The molecule has 3 nitrogen and oxygen atoms in total. The summed E-state index contributed by atoms with van der Waals surface area (Å²) in [5, 5.41) is 10.5. The highest BCUT2D eigenvalue weighted by atomic mass is 16.3. The summed E-state index contributed by atoms with van der Waals surface area (Å²) in [6, 6.07) is 19.3. The second kappa shape index (κ2) is 7.53. The number of benzene rings is 2. The molecule has 3 N–H and O–H groups in total. The molecule has 0 saturated heterocycles. The van der Waals surface area contributed by atoms with Crippen molar-refractivity contribution in [3.05, 3.63) is 71.8 Å². The van der Waals surface area contributed by atoms with E-state index in [-0.39, 0.29) is 5.78 Å². The van der Waals surface area contributed by atoms with Crippen molar-refractivity contribution in [2.24, 2.45) is 11.7 Å². The molecule has 0 aliphatic rings. The number of ketones is 1. The summed E-state index contributed by atoms with van der Waals surface area (Å²) in [4.78, 5) is 13.2. The Morgan fingerprint density at radius 3 is 1.78 bits per heavy atom. The van der Waals surface area contributed by atoms with Gasteiger partial charge in [-0.2, -0.15) is 0 Å². The van der Waals surface area contributed by atoms with Gasteiger partial charge in [0.2, 0.25) is 0 Å². The average Bonchev–Trinajstić information content (AvgIpc) is 2.57. The highest BCUT2D eigenvalue weighted by Crippen LogP contribution is 2.33. The van der Waals surface area contributed by atoms with E-state index >= 15 is 0 Å². The van der Waals surface area contributed by atoms with Gasteiger partial charge in [0, 0.05) is 0 Å². The number of nitrogens with two attached hydrogens (primary N) is 1. The quantitative estimate of drug-likeness (QED) is 0.770. The van der Waals surface area contributed by atoms with E-state index in [1.165, 1.54) is 0 Å². The van der Waals surface area contributed by atoms with Crippen LogP contribution in [-0.4, -0.2) is 16.6 Å². The Morgan fingerprint density at radius 2 is 1.43 bits per heavy atom. The lowest BCUT2D eigenvalue weighted by atomic mass is 9.77. The van der Waals surface area contributed by atoms with Crippen molar-refractivity contribution < 1.29 is 9.90 Å². The first-order valence-electron chi connectivity index (χ1n) is 8.16. The molecule has 2 aromatic rings. The van der Waals surface area contributed by atoms with Crippen LogP contribution in [-0.2, 0) is 4.79 Å². The van der Waals surface area contributed by atoms with Crippen molar-refractivity contribution in [2.75, 3.05) is 0 Å². The van der Waals surface area contributed by atoms with Crippen LogP contribution in [0.1, 0.15) is 43.7 Å². The molecule has 122 valence electrons. The molecule has 2 unspecified atom stereocenters. The van der Waals surface area contributed by atoms with Crippen LogP contribution < -0.4 is 5.73 Å². The SMILES string of the molecule is CCC(C(=O)C(c1ccccc1)c1ccccc1)C(N)(O)CC. The van der Waals surface area contributed by atoms with Gasteiger partial charge in [0.25, 0.3) is 0 Å². The Labute approximate surface area is 138 Å². The first kappa shape index (κ1) is 17.4. The second-order valence-electron chi connectivity index (χ2n) is 5.96. The smallest absolute Gasteiger partial charge is 0.152 e. The van der Waals surface area contributed by atoms with Crippen LogP contribution in [0.2, 0.25) is 0 Å². The highest BCUT2D eigenvalue weighted by Gasteiger charge is 2.39. The molecule has 0 radical (unpaired) electrons. The van der Waals surface area contributed by atoms with Crippen LogP contribution in [0.25, 0.3) is 0 Å². The van der Waals surface area contributed by atoms with E-state index in [2.05, 4.69) is 0 Å². The van der Waals surface area contributed by atoms with Gasteiger partial charge in [0.1, 0.15) is 5.72 Å². The molecule has 0 amide bonds. The molecule has 0 heterocycles. The van der Waals surface area contributed by atoms with Gasteiger partial charge >= 0.3 is 0 Å². The summed E-state index contributed by atoms with van der Waals surface area (Å²) in [5.41, 5.74) is 6.37. The molecule has 23 heavy (non-hydrogen) atoms. The summed E-state index contributed by atoms with van der Waals surface area (Å²) in [7, 11) is 0. The highest BCUT2D eigenvalue weighted by molar-refractivity contribution is 5.91. The summed E-state index contributed by atoms with van der Waals surface area (Å²) in [5.74, 6) is -1.04. The second-order valence-corrected chi connectivity index (χ2v) is 5.96. The van der Waals surface area contributed by atoms with Crippen LogP contribution in [0, 0.1) is 5.92 Å². The number of hydrogen-bond donors (Lipinski definition) is 2. The van der Waals surface area contributed by atoms with Crippen LogP contribution in [0.4, 0.5) is 0 Å². The van der Waals surface area contributed by atoms with Crippen LogP contribution in [0.3, 0.4) is 0 Å². The maximum absolute atomic E-state index is 13.2. The van der Waals surface area contributed by atoms with Crippen LogP contribution in [0.15, 0.2) is 60.7 Å². The molecule has 2 aromatic carbocycles. The van der Waals surface area contributed by atoms with Crippen molar-refractivity contribution in [1.29, 1.82) is 0 Å². The van der Waals surface area contributed by atoms with Crippen LogP contribution >= 0.6 is 0 Å². The zero-order valence-corrected chi connectivity index (χ0v) is 13.8. The number of hydrogen-bond acceptors (Lipinski definition) is 3. The predicted molar refractivity (Wildman–Crippen MR) is 92.9 cm³/mol. The molecule has 3 heteroatoms. The van der Waals surface area contributed by atoms with Crippen molar-refractivity contribution in [1.82, 2.24) is 0 Å². The molecule has 0 fully saturated rings. The van der Waals surface area contributed by atoms with E-state index < -0.39 is 17.6 Å². The minimum Gasteiger partial charge on any atom is -0.375 e. The van der Waals surface area contributed by atoms with E-state index in [1.807, 2.05) is 67.6 Å². The largest absolute Gasteiger partial charge is 0.375 e. The van der Waals surface area contributed by atoms with E-state index in [1.54, 1.807) is 6.92 Å². The van der Waals surface area contributed by atoms with E-state index in [0.717, 1.165) is 11.1 Å². The lowest BCUT2D eigenvalue weighted by Crippen LogP contribution is -2.50. The van der Waals surface area contributed by atoms with Crippen molar-refractivity contribution in [2.45, 2.75) is 38.3 Å². The van der Waals surface area contributed by atoms with Gasteiger partial charge in [-0.25, -0.2) is 0 Å². The maximum atomic E-state index is 13.2. The maximum Gasteiger partial charge on any atom is 0.152 e. The van der Waals surface area contributed by atoms with E-state index in [0.29, 0.717) is 12.8 Å². The number of Topliss-reactive ketones (excluding diaryl/α,β-unsaturated/α-hetero) is 1. The topological polar surface area (TPSA) is 63.3 Å². The monoisotopic (exact) mass is 311 g/mol. The summed E-state index contributed by atoms with van der Waals surface area (Å²) in [6.45, 7) is 3.69. The van der Waals surface area contributed by atoms with E-state index in [4.69, 9.17) is 5.73 Å². The molecule has 0 spiro atoms. The lowest BCUT2D eigenvalue weighted by Gasteiger charge is -2.32. The van der Waals surface area contributed by atoms with Crippen molar-refractivity contribution in [3.63, 3.8) is 0 Å². The predicted octanol–water partition coefficient (Wildman–Crippen LogP) is 3.47. The first-order chi connectivity index (χ1) is 11.0. The number of carbonyl (C=O) groups is 1. The third-order valence-corrected chi connectivity index (χ3v) is 4.47. The third-order valence-electron chi connectivity index (χ3n) is 4.47. The fourth-order valence-electron chi connectivity index (χ4n) is 3.06. The minimum absolute atomic E-state index is 0.0308. The summed E-state index contributed by atoms with van der Waals surface area (Å²) >= 11 is 0. The lowest BCUT2D eigenvalue weighted by molar-refractivity contribution is -0.133. The normalized spacial score (nSPS) is 15.2. The van der Waals surface area contributed by atoms with E-state index in [9.17, 15) is 9.90 Å². The Bertz CT molecular complexity index is 583. The van der Waals surface area contributed by atoms with Crippen molar-refractivity contribution >= 4 is 5.78 Å². The van der Waals surface area contributed by atoms with Gasteiger partial charge in [-0.1, -0.05) is 74.5 Å². The summed E-state index contributed by atoms with van der Waals surface area (Å²) in [6.07, 6.45) is 0.851. The fraction of sp³-hybridized carbons (Fsp3) is 0.350. The van der Waals surface area contributed by atoms with Gasteiger partial charge in [-0.3, -0.25) is 4.79 Å².